The molecule has 0 saturated carbocycles. The normalized spacial score (nSPS) is 16.4. The third-order valence-electron chi connectivity index (χ3n) is 4.20. The summed E-state index contributed by atoms with van der Waals surface area (Å²) in [7, 11) is -4.54. The molecule has 1 aliphatic heterocycles. The van der Waals surface area contributed by atoms with E-state index in [0.29, 0.717) is 11.3 Å². The topological polar surface area (TPSA) is 119 Å². The summed E-state index contributed by atoms with van der Waals surface area (Å²) in [5.41, 5.74) is -2.57. The minimum Gasteiger partial charge on any atom is -0.377 e. The molecule has 1 aromatic carbocycles. The maximum atomic E-state index is 14.5. The molecular weight excluding hydrogens is 442 g/mol. The van der Waals surface area contributed by atoms with Crippen LogP contribution < -0.4 is 10.4 Å². The van der Waals surface area contributed by atoms with Crippen LogP contribution in [0, 0.1) is 5.82 Å². The first-order chi connectivity index (χ1) is 13.7. The van der Waals surface area contributed by atoms with Crippen LogP contribution in [0.15, 0.2) is 21.8 Å². The van der Waals surface area contributed by atoms with Gasteiger partial charge in [0.15, 0.2) is 5.01 Å². The average molecular weight is 453 g/mol. The molecule has 1 saturated heterocycles. The molecule has 1 aliphatic rings. The van der Waals surface area contributed by atoms with E-state index >= 15 is 0 Å². The molecule has 0 unspecified atom stereocenters. The van der Waals surface area contributed by atoms with Gasteiger partial charge in [-0.1, -0.05) is 11.3 Å². The van der Waals surface area contributed by atoms with Gasteiger partial charge in [-0.05, 0) is 6.07 Å². The Morgan fingerprint density at radius 3 is 2.62 bits per heavy atom. The van der Waals surface area contributed by atoms with Gasteiger partial charge in [0, 0.05) is 6.07 Å². The summed E-state index contributed by atoms with van der Waals surface area (Å²) >= 11 is 0.417. The Morgan fingerprint density at radius 1 is 1.34 bits per heavy atom. The molecule has 2 N–H and O–H groups in total. The van der Waals surface area contributed by atoms with E-state index in [4.69, 9.17) is 4.74 Å². The first kappa shape index (κ1) is 19.9. The number of imidazole rings is 1. The molecule has 3 aromatic rings. The highest BCUT2D eigenvalue weighted by molar-refractivity contribution is 7.89. The molecule has 9 nitrogen and oxygen atoms in total. The fourth-order valence-corrected chi connectivity index (χ4v) is 4.91. The second-order valence-corrected chi connectivity index (χ2v) is 8.94. The van der Waals surface area contributed by atoms with Crippen LogP contribution in [-0.4, -0.2) is 53.6 Å². The second-order valence-electron chi connectivity index (χ2n) is 6.30. The molecule has 15 heteroatoms. The Bertz CT molecular complexity index is 1240. The number of aromatic amines is 1. The number of ether oxygens (including phenoxy) is 1. The van der Waals surface area contributed by atoms with Gasteiger partial charge >= 0.3 is 5.69 Å². The van der Waals surface area contributed by atoms with Gasteiger partial charge in [0.05, 0.1) is 24.2 Å². The Balaban J connectivity index is 1.84. The number of aromatic nitrogens is 4. The third kappa shape index (κ3) is 3.33. The number of nitrogens with one attached hydrogen (secondary N) is 2. The molecule has 0 bridgehead atoms. The van der Waals surface area contributed by atoms with Gasteiger partial charge in [-0.15, -0.1) is 10.2 Å². The Kier molecular flexibility index (Phi) is 4.71. The summed E-state index contributed by atoms with van der Waals surface area (Å²) in [4.78, 5) is 13.7. The number of nitrogens with zero attached hydrogens (tertiary/aromatic N) is 3. The minimum absolute atomic E-state index is 0.0903. The Morgan fingerprint density at radius 2 is 2.07 bits per heavy atom. The highest BCUT2D eigenvalue weighted by Gasteiger charge is 2.43. The number of sulfonamides is 1. The average Bonchev–Trinajstić information content (AvgIpc) is 3.20. The minimum atomic E-state index is -4.54. The van der Waals surface area contributed by atoms with Crippen LogP contribution in [0.3, 0.4) is 0 Å². The number of halogens is 4. The van der Waals surface area contributed by atoms with Gasteiger partial charge in [0.25, 0.3) is 6.43 Å². The van der Waals surface area contributed by atoms with E-state index in [1.54, 1.807) is 0 Å². The van der Waals surface area contributed by atoms with Gasteiger partial charge in [-0.3, -0.25) is 0 Å². The Labute approximate surface area is 163 Å². The van der Waals surface area contributed by atoms with Gasteiger partial charge in [-0.25, -0.2) is 35.3 Å². The van der Waals surface area contributed by atoms with Gasteiger partial charge in [0.2, 0.25) is 15.2 Å². The van der Waals surface area contributed by atoms with Crippen LogP contribution in [0.25, 0.3) is 16.2 Å². The van der Waals surface area contributed by atoms with Crippen molar-refractivity contribution in [3.05, 3.63) is 33.4 Å². The van der Waals surface area contributed by atoms with Crippen molar-refractivity contribution in [3.63, 3.8) is 0 Å². The molecule has 0 aliphatic carbocycles. The van der Waals surface area contributed by atoms with Crippen LogP contribution in [0.4, 0.5) is 17.6 Å². The monoisotopic (exact) mass is 453 g/mol. The zero-order valence-corrected chi connectivity index (χ0v) is 15.8. The Hall–Kier alpha value is -2.36. The lowest BCUT2D eigenvalue weighted by Crippen LogP contribution is -2.63. The number of hydrogen-bond acceptors (Lipinski definition) is 7. The maximum absolute atomic E-state index is 14.5. The number of rotatable bonds is 6. The van der Waals surface area contributed by atoms with Crippen molar-refractivity contribution >= 4 is 32.4 Å². The molecule has 29 heavy (non-hydrogen) atoms. The standard InChI is InChI=1S/C14H11F4N5O4S2/c15-3-14(4-27-5-14)22-29(25,26)9-2-8-7(1-6(9)16)19-12(24)23(8)13-21-20-11(28-13)10(17)18/h1-2,10,22H,3-5H2,(H,19,24). The predicted molar refractivity (Wildman–Crippen MR) is 92.1 cm³/mol. The molecule has 2 aromatic heterocycles. The fraction of sp³-hybridized carbons (Fsp3) is 0.357. The van der Waals surface area contributed by atoms with E-state index in [-0.39, 0.29) is 29.4 Å². The summed E-state index contributed by atoms with van der Waals surface area (Å²) in [6, 6.07) is 1.59. The molecule has 1 fully saturated rings. The van der Waals surface area contributed by atoms with Crippen LogP contribution in [0.1, 0.15) is 11.4 Å². The first-order valence-corrected chi connectivity index (χ1v) is 10.2. The number of alkyl halides is 3. The van der Waals surface area contributed by atoms with Crippen LogP contribution in [0.5, 0.6) is 0 Å². The zero-order chi connectivity index (χ0) is 21.0. The number of benzene rings is 1. The van der Waals surface area contributed by atoms with Crippen molar-refractivity contribution in [3.8, 4) is 5.13 Å². The summed E-state index contributed by atoms with van der Waals surface area (Å²) < 4.78 is 86.2. The second kappa shape index (κ2) is 6.86. The lowest BCUT2D eigenvalue weighted by molar-refractivity contribution is -0.0725. The smallest absolute Gasteiger partial charge is 0.332 e. The van der Waals surface area contributed by atoms with Crippen LogP contribution in [-0.2, 0) is 14.8 Å². The highest BCUT2D eigenvalue weighted by atomic mass is 32.2. The fourth-order valence-electron chi connectivity index (χ4n) is 2.76. The molecule has 0 spiro atoms. The molecule has 0 atom stereocenters. The quantitative estimate of drug-likeness (QED) is 0.543. The van der Waals surface area contributed by atoms with Gasteiger partial charge in [0.1, 0.15) is 22.9 Å². The van der Waals surface area contributed by atoms with Crippen LogP contribution in [0.2, 0.25) is 0 Å². The zero-order valence-electron chi connectivity index (χ0n) is 14.2. The van der Waals surface area contributed by atoms with Crippen molar-refractivity contribution < 1.29 is 30.7 Å². The van der Waals surface area contributed by atoms with Crippen molar-refractivity contribution in [2.75, 3.05) is 19.9 Å². The summed E-state index contributed by atoms with van der Waals surface area (Å²) in [5.74, 6) is -1.20. The lowest BCUT2D eigenvalue weighted by atomic mass is 10.0. The van der Waals surface area contributed by atoms with Crippen molar-refractivity contribution in [1.82, 2.24) is 24.5 Å². The van der Waals surface area contributed by atoms with Crippen LogP contribution >= 0.6 is 11.3 Å². The molecule has 4 rings (SSSR count). The molecule has 156 valence electrons. The van der Waals surface area contributed by atoms with E-state index in [9.17, 15) is 30.8 Å². The predicted octanol–water partition coefficient (Wildman–Crippen LogP) is 1.26. The first-order valence-electron chi connectivity index (χ1n) is 7.90. The SMILES string of the molecule is O=c1[nH]c2cc(F)c(S(=O)(=O)NC3(CF)COC3)cc2n1-c1nnc(C(F)F)s1. The number of fused-ring (bicyclic) bond motifs is 1. The van der Waals surface area contributed by atoms with Crippen molar-refractivity contribution in [2.45, 2.75) is 16.9 Å². The largest absolute Gasteiger partial charge is 0.377 e. The van der Waals surface area contributed by atoms with Gasteiger partial charge < -0.3 is 9.72 Å². The number of hydrogen-bond donors (Lipinski definition) is 2. The van der Waals surface area contributed by atoms with E-state index in [0.717, 1.165) is 16.7 Å². The van der Waals surface area contributed by atoms with E-state index in [1.807, 2.05) is 0 Å². The maximum Gasteiger partial charge on any atom is 0.332 e. The molecular formula is C14H11F4N5O4S2. The van der Waals surface area contributed by atoms with Gasteiger partial charge in [-0.2, -0.15) is 4.72 Å². The third-order valence-corrected chi connectivity index (χ3v) is 6.71. The molecule has 0 radical (unpaired) electrons. The lowest BCUT2D eigenvalue weighted by Gasteiger charge is -2.39. The number of H-pyrrole nitrogens is 1. The summed E-state index contributed by atoms with van der Waals surface area (Å²) in [6.07, 6.45) is -2.92. The molecule has 3 heterocycles. The summed E-state index contributed by atoms with van der Waals surface area (Å²) in [5, 5.41) is 5.88. The molecule has 0 amide bonds. The van der Waals surface area contributed by atoms with E-state index in [1.165, 1.54) is 0 Å². The van der Waals surface area contributed by atoms with E-state index < -0.39 is 50.1 Å². The summed E-state index contributed by atoms with van der Waals surface area (Å²) in [6.45, 7) is -1.50. The highest BCUT2D eigenvalue weighted by Crippen LogP contribution is 2.28. The van der Waals surface area contributed by atoms with Crippen molar-refractivity contribution in [2.24, 2.45) is 0 Å². The van der Waals surface area contributed by atoms with Crippen molar-refractivity contribution in [1.29, 1.82) is 0 Å². The van der Waals surface area contributed by atoms with E-state index in [2.05, 4.69) is 19.9 Å².